The zero-order valence-electron chi connectivity index (χ0n) is 18.5. The first kappa shape index (κ1) is 23.5. The van der Waals surface area contributed by atoms with Gasteiger partial charge < -0.3 is 19.5 Å². The minimum atomic E-state index is -0.352. The maximum atomic E-state index is 12.6. The third kappa shape index (κ3) is 7.53. The Balaban J connectivity index is 1.35. The first-order valence-corrected chi connectivity index (χ1v) is 11.1. The summed E-state index contributed by atoms with van der Waals surface area (Å²) in [5.74, 6) is 0.782. The van der Waals surface area contributed by atoms with Crippen LogP contribution in [0.1, 0.15) is 31.7 Å². The molecule has 1 saturated heterocycles. The smallest absolute Gasteiger partial charge is 0.323 e. The molecule has 1 N–H and O–H groups in total. The van der Waals surface area contributed by atoms with E-state index in [9.17, 15) is 9.59 Å². The monoisotopic (exact) mass is 441 g/mol. The van der Waals surface area contributed by atoms with Gasteiger partial charge in [-0.2, -0.15) is 0 Å². The van der Waals surface area contributed by atoms with Crippen LogP contribution in [-0.2, 0) is 20.9 Å². The Kier molecular flexibility index (Phi) is 9.31. The Morgan fingerprint density at radius 2 is 1.91 bits per heavy atom. The van der Waals surface area contributed by atoms with Gasteiger partial charge in [0.2, 0.25) is 0 Å². The van der Waals surface area contributed by atoms with Crippen LogP contribution in [0.25, 0.3) is 0 Å². The van der Waals surface area contributed by atoms with E-state index in [4.69, 9.17) is 14.2 Å². The van der Waals surface area contributed by atoms with Crippen molar-refractivity contribution in [3.8, 4) is 11.5 Å². The second-order valence-corrected chi connectivity index (χ2v) is 7.55. The molecule has 1 aliphatic rings. The van der Waals surface area contributed by atoms with Gasteiger partial charge in [-0.3, -0.25) is 19.5 Å². The van der Waals surface area contributed by atoms with Gasteiger partial charge in [-0.05, 0) is 62.2 Å². The number of ether oxygens (including phenoxy) is 3. The lowest BCUT2D eigenvalue weighted by atomic mass is 10.0. The van der Waals surface area contributed by atoms with Gasteiger partial charge in [-0.1, -0.05) is 12.5 Å². The van der Waals surface area contributed by atoms with Crippen molar-refractivity contribution >= 4 is 11.9 Å². The molecule has 1 aromatic carbocycles. The van der Waals surface area contributed by atoms with Gasteiger partial charge in [0, 0.05) is 18.9 Å². The number of amides is 1. The first-order chi connectivity index (χ1) is 15.7. The number of rotatable bonds is 11. The Morgan fingerprint density at radius 3 is 2.62 bits per heavy atom. The van der Waals surface area contributed by atoms with Crippen molar-refractivity contribution in [2.24, 2.45) is 0 Å². The van der Waals surface area contributed by atoms with Crippen LogP contribution in [0, 0.1) is 0 Å². The standard InChI is InChI=1S/C24H31N3O5/c1-2-30-20-8-10-21(11-9-20)31-15-13-26-23(28)18-32-24(29)22-7-3-4-14-27(22)17-19-6-5-12-25-16-19/h5-6,8-12,16,22H,2-4,7,13-15,17-18H2,1H3,(H,26,28)/t22-/m0/s1. The molecule has 1 fully saturated rings. The summed E-state index contributed by atoms with van der Waals surface area (Å²) in [5, 5.41) is 2.71. The Hall–Kier alpha value is -3.13. The molecule has 0 saturated carbocycles. The van der Waals surface area contributed by atoms with E-state index in [1.165, 1.54) is 0 Å². The number of hydrogen-bond acceptors (Lipinski definition) is 7. The number of nitrogens with zero attached hydrogens (tertiary/aromatic N) is 2. The molecule has 172 valence electrons. The van der Waals surface area contributed by atoms with Crippen molar-refractivity contribution < 1.29 is 23.8 Å². The van der Waals surface area contributed by atoms with Gasteiger partial charge in [-0.25, -0.2) is 0 Å². The molecule has 8 heteroatoms. The van der Waals surface area contributed by atoms with Gasteiger partial charge in [0.05, 0.1) is 13.2 Å². The molecule has 1 aliphatic heterocycles. The summed E-state index contributed by atoms with van der Waals surface area (Å²) in [6.45, 7) is 4.35. The molecule has 0 unspecified atom stereocenters. The molecule has 1 amide bonds. The summed E-state index contributed by atoms with van der Waals surface area (Å²) < 4.78 is 16.3. The average molecular weight is 442 g/mol. The minimum absolute atomic E-state index is 0.293. The quantitative estimate of drug-likeness (QED) is 0.423. The summed E-state index contributed by atoms with van der Waals surface area (Å²) in [6.07, 6.45) is 6.28. The maximum Gasteiger partial charge on any atom is 0.323 e. The molecular weight excluding hydrogens is 410 g/mol. The summed E-state index contributed by atoms with van der Waals surface area (Å²) in [6, 6.07) is 10.8. The lowest BCUT2D eigenvalue weighted by Crippen LogP contribution is -2.45. The predicted octanol–water partition coefficient (Wildman–Crippen LogP) is 2.57. The third-order valence-electron chi connectivity index (χ3n) is 5.17. The molecule has 32 heavy (non-hydrogen) atoms. The van der Waals surface area contributed by atoms with Crippen LogP contribution in [0.15, 0.2) is 48.8 Å². The topological polar surface area (TPSA) is 90.0 Å². The summed E-state index contributed by atoms with van der Waals surface area (Å²) in [4.78, 5) is 30.9. The number of hydrogen-bond donors (Lipinski definition) is 1. The summed E-state index contributed by atoms with van der Waals surface area (Å²) in [7, 11) is 0. The van der Waals surface area contributed by atoms with Crippen LogP contribution in [0.3, 0.4) is 0 Å². The van der Waals surface area contributed by atoms with Crippen molar-refractivity contribution in [2.45, 2.75) is 38.8 Å². The van der Waals surface area contributed by atoms with E-state index in [1.54, 1.807) is 12.4 Å². The molecule has 2 aromatic rings. The average Bonchev–Trinajstić information content (AvgIpc) is 2.82. The SMILES string of the molecule is CCOc1ccc(OCCNC(=O)COC(=O)[C@@H]2CCCCN2Cc2cccnc2)cc1. The molecule has 8 nitrogen and oxygen atoms in total. The van der Waals surface area contributed by atoms with E-state index in [2.05, 4.69) is 15.2 Å². The van der Waals surface area contributed by atoms with Crippen molar-refractivity contribution in [2.75, 3.05) is 32.9 Å². The van der Waals surface area contributed by atoms with Crippen molar-refractivity contribution in [3.63, 3.8) is 0 Å². The fourth-order valence-corrected chi connectivity index (χ4v) is 3.62. The van der Waals surface area contributed by atoms with E-state index in [0.29, 0.717) is 32.1 Å². The number of pyridine rings is 1. The van der Waals surface area contributed by atoms with E-state index in [-0.39, 0.29) is 24.5 Å². The van der Waals surface area contributed by atoms with Gasteiger partial charge in [0.15, 0.2) is 6.61 Å². The molecule has 0 spiro atoms. The number of likely N-dealkylation sites (tertiary alicyclic amines) is 1. The zero-order valence-corrected chi connectivity index (χ0v) is 18.5. The number of nitrogens with one attached hydrogen (secondary N) is 1. The Bertz CT molecular complexity index is 844. The van der Waals surface area contributed by atoms with E-state index >= 15 is 0 Å². The van der Waals surface area contributed by atoms with E-state index in [1.807, 2.05) is 43.3 Å². The highest BCUT2D eigenvalue weighted by Gasteiger charge is 2.30. The number of aromatic nitrogens is 1. The molecular formula is C24H31N3O5. The van der Waals surface area contributed by atoms with Crippen LogP contribution in [0.2, 0.25) is 0 Å². The maximum absolute atomic E-state index is 12.6. The number of benzene rings is 1. The molecule has 1 atom stereocenters. The lowest BCUT2D eigenvalue weighted by molar-refractivity contribution is -0.155. The van der Waals surface area contributed by atoms with E-state index in [0.717, 1.165) is 37.1 Å². The minimum Gasteiger partial charge on any atom is -0.494 e. The van der Waals surface area contributed by atoms with Crippen molar-refractivity contribution in [1.29, 1.82) is 0 Å². The highest BCUT2D eigenvalue weighted by Crippen LogP contribution is 2.20. The van der Waals surface area contributed by atoms with Crippen LogP contribution in [0.5, 0.6) is 11.5 Å². The fourth-order valence-electron chi connectivity index (χ4n) is 3.62. The number of carbonyl (C=O) groups is 2. The van der Waals surface area contributed by atoms with Gasteiger partial charge in [0.1, 0.15) is 24.1 Å². The molecule has 3 rings (SSSR count). The highest BCUT2D eigenvalue weighted by molar-refractivity contribution is 5.82. The Morgan fingerprint density at radius 1 is 1.12 bits per heavy atom. The fraction of sp³-hybridized carbons (Fsp3) is 0.458. The third-order valence-corrected chi connectivity index (χ3v) is 5.17. The largest absolute Gasteiger partial charge is 0.494 e. The summed E-state index contributed by atoms with van der Waals surface area (Å²) >= 11 is 0. The Labute approximate surface area is 188 Å². The molecule has 1 aromatic heterocycles. The second-order valence-electron chi connectivity index (χ2n) is 7.55. The molecule has 0 radical (unpaired) electrons. The first-order valence-electron chi connectivity index (χ1n) is 11.1. The second kappa shape index (κ2) is 12.7. The van der Waals surface area contributed by atoms with Gasteiger partial charge in [0.25, 0.3) is 5.91 Å². The van der Waals surface area contributed by atoms with Crippen LogP contribution < -0.4 is 14.8 Å². The van der Waals surface area contributed by atoms with E-state index < -0.39 is 0 Å². The number of carbonyl (C=O) groups excluding carboxylic acids is 2. The zero-order chi connectivity index (χ0) is 22.6. The molecule has 2 heterocycles. The number of esters is 1. The van der Waals surface area contributed by atoms with Crippen LogP contribution in [0.4, 0.5) is 0 Å². The predicted molar refractivity (Wildman–Crippen MR) is 119 cm³/mol. The van der Waals surface area contributed by atoms with Crippen molar-refractivity contribution in [1.82, 2.24) is 15.2 Å². The van der Waals surface area contributed by atoms with Crippen LogP contribution >= 0.6 is 0 Å². The molecule has 0 aliphatic carbocycles. The van der Waals surface area contributed by atoms with Crippen LogP contribution in [-0.4, -0.2) is 60.7 Å². The number of piperidine rings is 1. The molecule has 0 bridgehead atoms. The van der Waals surface area contributed by atoms with Gasteiger partial charge >= 0.3 is 5.97 Å². The summed E-state index contributed by atoms with van der Waals surface area (Å²) in [5.41, 5.74) is 1.05. The van der Waals surface area contributed by atoms with Gasteiger partial charge in [-0.15, -0.1) is 0 Å². The van der Waals surface area contributed by atoms with Crippen molar-refractivity contribution in [3.05, 3.63) is 54.4 Å². The lowest BCUT2D eigenvalue weighted by Gasteiger charge is -2.33. The highest BCUT2D eigenvalue weighted by atomic mass is 16.5. The normalized spacial score (nSPS) is 16.2.